The number of halogens is 2. The van der Waals surface area contributed by atoms with Crippen molar-refractivity contribution in [3.8, 4) is 0 Å². The molecule has 0 saturated heterocycles. The van der Waals surface area contributed by atoms with E-state index in [-0.39, 0.29) is 6.04 Å². The fourth-order valence-corrected chi connectivity index (χ4v) is 3.79. The second-order valence-electron chi connectivity index (χ2n) is 5.45. The highest BCUT2D eigenvalue weighted by atomic mass is 35.5. The fourth-order valence-electron chi connectivity index (χ4n) is 2.70. The minimum absolute atomic E-state index is 0.114. The van der Waals surface area contributed by atoms with Gasteiger partial charge in [0.1, 0.15) is 0 Å². The van der Waals surface area contributed by atoms with Gasteiger partial charge >= 0.3 is 0 Å². The van der Waals surface area contributed by atoms with E-state index >= 15 is 0 Å². The van der Waals surface area contributed by atoms with Crippen molar-refractivity contribution in [2.75, 3.05) is 6.54 Å². The molecule has 112 valence electrons. The number of nitrogens with two attached hydrogens (primary N) is 1. The average molecular weight is 341 g/mol. The largest absolute Gasteiger partial charge is 0.329 e. The van der Waals surface area contributed by atoms with E-state index in [0.717, 1.165) is 17.1 Å². The summed E-state index contributed by atoms with van der Waals surface area (Å²) in [4.78, 5) is 2.47. The van der Waals surface area contributed by atoms with Gasteiger partial charge in [-0.2, -0.15) is 11.3 Å². The summed E-state index contributed by atoms with van der Waals surface area (Å²) in [5.41, 5.74) is 8.45. The summed E-state index contributed by atoms with van der Waals surface area (Å²) >= 11 is 14.3. The number of nitrogens with zero attached hydrogens (tertiary/aromatic N) is 1. The maximum atomic E-state index is 6.38. The first-order valence-electron chi connectivity index (χ1n) is 7.11. The van der Waals surface area contributed by atoms with Crippen molar-refractivity contribution in [1.82, 2.24) is 4.90 Å². The van der Waals surface area contributed by atoms with Crippen molar-refractivity contribution in [2.45, 2.75) is 31.5 Å². The van der Waals surface area contributed by atoms with Crippen molar-refractivity contribution < 1.29 is 0 Å². The van der Waals surface area contributed by atoms with Crippen molar-refractivity contribution in [2.24, 2.45) is 5.73 Å². The Bertz CT molecular complexity index is 596. The highest BCUT2D eigenvalue weighted by Gasteiger charge is 2.34. The second kappa shape index (κ2) is 6.67. The lowest BCUT2D eigenvalue weighted by Crippen LogP contribution is -2.35. The van der Waals surface area contributed by atoms with Gasteiger partial charge < -0.3 is 5.73 Å². The molecule has 1 saturated carbocycles. The molecule has 2 aromatic rings. The minimum atomic E-state index is 0.114. The molecule has 2 N–H and O–H groups in total. The van der Waals surface area contributed by atoms with E-state index in [2.05, 4.69) is 21.7 Å². The lowest BCUT2D eigenvalue weighted by molar-refractivity contribution is 0.182. The zero-order valence-corrected chi connectivity index (χ0v) is 14.0. The summed E-state index contributed by atoms with van der Waals surface area (Å²) < 4.78 is 0. The Labute approximate surface area is 139 Å². The van der Waals surface area contributed by atoms with Crippen LogP contribution >= 0.6 is 34.5 Å². The van der Waals surface area contributed by atoms with Crippen LogP contribution in [0.5, 0.6) is 0 Å². The summed E-state index contributed by atoms with van der Waals surface area (Å²) in [6.07, 6.45) is 2.47. The summed E-state index contributed by atoms with van der Waals surface area (Å²) in [5.74, 6) is 0. The maximum absolute atomic E-state index is 6.38. The molecule has 1 aliphatic carbocycles. The van der Waals surface area contributed by atoms with Crippen molar-refractivity contribution in [1.29, 1.82) is 0 Å². The van der Waals surface area contributed by atoms with Crippen LogP contribution in [-0.4, -0.2) is 17.5 Å². The number of hydrogen-bond acceptors (Lipinski definition) is 3. The molecular formula is C16H18Cl2N2S. The zero-order valence-electron chi connectivity index (χ0n) is 11.6. The van der Waals surface area contributed by atoms with E-state index in [0.29, 0.717) is 17.6 Å². The molecule has 1 fully saturated rings. The Hall–Kier alpha value is -0.580. The summed E-state index contributed by atoms with van der Waals surface area (Å²) in [7, 11) is 0. The van der Waals surface area contributed by atoms with Gasteiger partial charge in [0.2, 0.25) is 0 Å². The Morgan fingerprint density at radius 3 is 2.71 bits per heavy atom. The summed E-state index contributed by atoms with van der Waals surface area (Å²) in [5, 5.41) is 5.76. The van der Waals surface area contributed by atoms with Crippen LogP contribution in [0.4, 0.5) is 0 Å². The molecule has 0 spiro atoms. The first kappa shape index (κ1) is 15.3. The predicted molar refractivity (Wildman–Crippen MR) is 91.1 cm³/mol. The molecule has 0 aliphatic heterocycles. The molecule has 1 unspecified atom stereocenters. The summed E-state index contributed by atoms with van der Waals surface area (Å²) in [6, 6.07) is 8.52. The SMILES string of the molecule is NCC(c1cc(Cl)ccc1Cl)N(Cc1ccsc1)C1CC1. The highest BCUT2D eigenvalue weighted by Crippen LogP contribution is 2.38. The van der Waals surface area contributed by atoms with Crippen LogP contribution in [0.2, 0.25) is 10.0 Å². The van der Waals surface area contributed by atoms with Crippen molar-refractivity contribution >= 4 is 34.5 Å². The van der Waals surface area contributed by atoms with Crippen LogP contribution in [0.15, 0.2) is 35.0 Å². The molecule has 1 heterocycles. The third-order valence-electron chi connectivity index (χ3n) is 3.90. The summed E-state index contributed by atoms with van der Waals surface area (Å²) in [6.45, 7) is 1.46. The molecule has 5 heteroatoms. The highest BCUT2D eigenvalue weighted by molar-refractivity contribution is 7.07. The topological polar surface area (TPSA) is 29.3 Å². The molecule has 0 amide bonds. The Morgan fingerprint density at radius 2 is 2.10 bits per heavy atom. The van der Waals surface area contributed by atoms with Crippen molar-refractivity contribution in [3.63, 3.8) is 0 Å². The normalized spacial score (nSPS) is 16.4. The second-order valence-corrected chi connectivity index (χ2v) is 7.08. The monoisotopic (exact) mass is 340 g/mol. The molecule has 0 radical (unpaired) electrons. The Morgan fingerprint density at radius 1 is 1.29 bits per heavy atom. The molecule has 3 rings (SSSR count). The number of benzene rings is 1. The third kappa shape index (κ3) is 3.61. The van der Waals surface area contributed by atoms with Gasteiger partial charge in [-0.15, -0.1) is 0 Å². The smallest absolute Gasteiger partial charge is 0.0492 e. The van der Waals surface area contributed by atoms with Crippen LogP contribution in [0.25, 0.3) is 0 Å². The van der Waals surface area contributed by atoms with E-state index in [9.17, 15) is 0 Å². The fraction of sp³-hybridized carbons (Fsp3) is 0.375. The van der Waals surface area contributed by atoms with Gasteiger partial charge in [-0.3, -0.25) is 4.90 Å². The molecular weight excluding hydrogens is 323 g/mol. The zero-order chi connectivity index (χ0) is 14.8. The lowest BCUT2D eigenvalue weighted by atomic mass is 10.0. The van der Waals surface area contributed by atoms with Gasteiger partial charge in [-0.05, 0) is 59.0 Å². The predicted octanol–water partition coefficient (Wildman–Crippen LogP) is 4.72. The molecule has 1 atom stereocenters. The van der Waals surface area contributed by atoms with Gasteiger partial charge in [0.05, 0.1) is 0 Å². The van der Waals surface area contributed by atoms with E-state index in [1.54, 1.807) is 11.3 Å². The number of thiophene rings is 1. The van der Waals surface area contributed by atoms with Gasteiger partial charge in [-0.25, -0.2) is 0 Å². The quantitative estimate of drug-likeness (QED) is 0.824. The Balaban J connectivity index is 1.89. The third-order valence-corrected chi connectivity index (χ3v) is 5.21. The van der Waals surface area contributed by atoms with Crippen LogP contribution in [0.1, 0.15) is 30.0 Å². The molecule has 1 aromatic heterocycles. The maximum Gasteiger partial charge on any atom is 0.0492 e. The first-order chi connectivity index (χ1) is 10.2. The van der Waals surface area contributed by atoms with Crippen LogP contribution in [0, 0.1) is 0 Å². The molecule has 2 nitrogen and oxygen atoms in total. The van der Waals surface area contributed by atoms with Crippen LogP contribution in [0.3, 0.4) is 0 Å². The van der Waals surface area contributed by atoms with Crippen LogP contribution < -0.4 is 5.73 Å². The molecule has 1 aliphatic rings. The van der Waals surface area contributed by atoms with Gasteiger partial charge in [0.25, 0.3) is 0 Å². The van der Waals surface area contributed by atoms with E-state index in [1.165, 1.54) is 18.4 Å². The van der Waals surface area contributed by atoms with E-state index < -0.39 is 0 Å². The van der Waals surface area contributed by atoms with E-state index in [4.69, 9.17) is 28.9 Å². The van der Waals surface area contributed by atoms with Gasteiger partial charge in [0.15, 0.2) is 0 Å². The molecule has 1 aromatic carbocycles. The number of hydrogen-bond donors (Lipinski definition) is 1. The van der Waals surface area contributed by atoms with Crippen molar-refractivity contribution in [3.05, 3.63) is 56.2 Å². The van der Waals surface area contributed by atoms with Gasteiger partial charge in [-0.1, -0.05) is 23.2 Å². The Kier molecular flexibility index (Phi) is 4.87. The average Bonchev–Trinajstić information content (AvgIpc) is 3.19. The van der Waals surface area contributed by atoms with Gasteiger partial charge in [0, 0.05) is 35.2 Å². The van der Waals surface area contributed by atoms with E-state index in [1.807, 2.05) is 18.2 Å². The molecule has 21 heavy (non-hydrogen) atoms. The standard InChI is InChI=1S/C16H18Cl2N2S/c17-12-1-4-15(18)14(7-12)16(8-19)20(13-2-3-13)9-11-5-6-21-10-11/h1,4-7,10,13,16H,2-3,8-9,19H2. The number of rotatable bonds is 6. The molecule has 0 bridgehead atoms. The first-order valence-corrected chi connectivity index (χ1v) is 8.80. The van der Waals surface area contributed by atoms with Crippen LogP contribution in [-0.2, 0) is 6.54 Å². The minimum Gasteiger partial charge on any atom is -0.329 e. The lowest BCUT2D eigenvalue weighted by Gasteiger charge is -2.32.